The molecule has 4 nitrogen and oxygen atoms in total. The van der Waals surface area contributed by atoms with E-state index in [0.29, 0.717) is 23.9 Å². The molecule has 100 valence electrons. The highest BCUT2D eigenvalue weighted by Gasteiger charge is 2.26. The minimum Gasteiger partial charge on any atom is -0.260 e. The number of hydrogen-bond acceptors (Lipinski definition) is 3. The first-order chi connectivity index (χ1) is 8.51. The van der Waals surface area contributed by atoms with Crippen LogP contribution in [0.2, 0.25) is 0 Å². The lowest BCUT2D eigenvalue weighted by atomic mass is 10.1. The van der Waals surface area contributed by atoms with Crippen LogP contribution in [0.15, 0.2) is 23.2 Å². The predicted molar refractivity (Wildman–Crippen MR) is 70.9 cm³/mol. The van der Waals surface area contributed by atoms with Gasteiger partial charge in [0.15, 0.2) is 0 Å². The Hall–Kier alpha value is -0.940. The van der Waals surface area contributed by atoms with Gasteiger partial charge in [-0.15, -0.1) is 0 Å². The summed E-state index contributed by atoms with van der Waals surface area (Å²) in [6.07, 6.45) is 4.52. The topological polar surface area (TPSA) is 50.3 Å². The van der Waals surface area contributed by atoms with Gasteiger partial charge in [0.05, 0.1) is 0 Å². The number of sulfonamides is 1. The maximum atomic E-state index is 12.4. The van der Waals surface area contributed by atoms with Gasteiger partial charge in [-0.05, 0) is 30.9 Å². The lowest BCUT2D eigenvalue weighted by Gasteiger charge is -2.25. The largest absolute Gasteiger partial charge is 0.260 e. The van der Waals surface area contributed by atoms with Crippen LogP contribution in [0, 0.1) is 0 Å². The maximum Gasteiger partial charge on any atom is 0.244 e. The highest BCUT2D eigenvalue weighted by atomic mass is 32.2. The fourth-order valence-electron chi connectivity index (χ4n) is 2.14. The zero-order valence-electron chi connectivity index (χ0n) is 11.0. The third-order valence-electron chi connectivity index (χ3n) is 3.30. The summed E-state index contributed by atoms with van der Waals surface area (Å²) in [6, 6.07) is 3.48. The molecule has 0 amide bonds. The van der Waals surface area contributed by atoms with Gasteiger partial charge in [0.25, 0.3) is 0 Å². The molecule has 1 aromatic rings. The van der Waals surface area contributed by atoms with E-state index in [1.807, 2.05) is 19.9 Å². The Labute approximate surface area is 109 Å². The van der Waals surface area contributed by atoms with E-state index in [-0.39, 0.29) is 0 Å². The summed E-state index contributed by atoms with van der Waals surface area (Å²) < 4.78 is 26.3. The van der Waals surface area contributed by atoms with Crippen LogP contribution in [0.5, 0.6) is 0 Å². The quantitative estimate of drug-likeness (QED) is 0.845. The van der Waals surface area contributed by atoms with Gasteiger partial charge >= 0.3 is 0 Å². The van der Waals surface area contributed by atoms with Gasteiger partial charge in [-0.1, -0.05) is 20.3 Å². The first-order valence-corrected chi connectivity index (χ1v) is 7.92. The second kappa shape index (κ2) is 5.36. The Morgan fingerprint density at radius 1 is 1.17 bits per heavy atom. The van der Waals surface area contributed by atoms with Gasteiger partial charge in [0.1, 0.15) is 4.90 Å². The van der Waals surface area contributed by atoms with E-state index in [9.17, 15) is 8.42 Å². The van der Waals surface area contributed by atoms with E-state index in [4.69, 9.17) is 0 Å². The fraction of sp³-hybridized carbons (Fsp3) is 0.615. The summed E-state index contributed by atoms with van der Waals surface area (Å²) in [5, 5.41) is 0. The number of piperidine rings is 1. The number of aromatic nitrogens is 1. The van der Waals surface area contributed by atoms with Crippen LogP contribution in [-0.4, -0.2) is 30.8 Å². The molecule has 1 aliphatic rings. The number of rotatable bonds is 3. The Morgan fingerprint density at radius 2 is 1.83 bits per heavy atom. The zero-order chi connectivity index (χ0) is 13.2. The van der Waals surface area contributed by atoms with E-state index in [2.05, 4.69) is 4.98 Å². The number of nitrogens with zero attached hydrogens (tertiary/aromatic N) is 2. The van der Waals surface area contributed by atoms with Crippen molar-refractivity contribution in [2.45, 2.75) is 43.9 Å². The Morgan fingerprint density at radius 3 is 2.33 bits per heavy atom. The molecule has 0 spiro atoms. The first kappa shape index (κ1) is 13.5. The maximum absolute atomic E-state index is 12.4. The Balaban J connectivity index is 2.23. The molecule has 1 saturated heterocycles. The summed E-state index contributed by atoms with van der Waals surface area (Å²) >= 11 is 0. The molecule has 0 bridgehead atoms. The first-order valence-electron chi connectivity index (χ1n) is 6.48. The van der Waals surface area contributed by atoms with Gasteiger partial charge in [-0.3, -0.25) is 4.98 Å². The lowest BCUT2D eigenvalue weighted by molar-refractivity contribution is 0.346. The molecule has 1 fully saturated rings. The minimum atomic E-state index is -3.33. The molecular formula is C13H20N2O2S. The molecule has 0 aliphatic carbocycles. The third kappa shape index (κ3) is 2.72. The van der Waals surface area contributed by atoms with Crippen molar-refractivity contribution in [3.8, 4) is 0 Å². The molecule has 0 saturated carbocycles. The van der Waals surface area contributed by atoms with Crippen LogP contribution < -0.4 is 0 Å². The monoisotopic (exact) mass is 268 g/mol. The molecule has 0 atom stereocenters. The van der Waals surface area contributed by atoms with E-state index in [1.54, 1.807) is 10.4 Å². The van der Waals surface area contributed by atoms with Crippen LogP contribution in [-0.2, 0) is 10.0 Å². The van der Waals surface area contributed by atoms with Crippen molar-refractivity contribution in [2.24, 2.45) is 0 Å². The second-order valence-electron chi connectivity index (χ2n) is 5.04. The van der Waals surface area contributed by atoms with E-state index < -0.39 is 10.0 Å². The molecule has 18 heavy (non-hydrogen) atoms. The van der Waals surface area contributed by atoms with E-state index >= 15 is 0 Å². The zero-order valence-corrected chi connectivity index (χ0v) is 11.8. The van der Waals surface area contributed by atoms with Gasteiger partial charge in [0.2, 0.25) is 10.0 Å². The summed E-state index contributed by atoms with van der Waals surface area (Å²) in [5.41, 5.74) is 0.924. The van der Waals surface area contributed by atoms with Crippen molar-refractivity contribution < 1.29 is 8.42 Å². The van der Waals surface area contributed by atoms with Crippen LogP contribution in [0.1, 0.15) is 44.7 Å². The van der Waals surface area contributed by atoms with Crippen molar-refractivity contribution >= 4 is 10.0 Å². The lowest BCUT2D eigenvalue weighted by Crippen LogP contribution is -2.35. The summed E-state index contributed by atoms with van der Waals surface area (Å²) in [7, 11) is -3.33. The Bertz CT molecular complexity index is 488. The van der Waals surface area contributed by atoms with Crippen molar-refractivity contribution in [2.75, 3.05) is 13.1 Å². The van der Waals surface area contributed by atoms with Crippen LogP contribution in [0.4, 0.5) is 0 Å². The van der Waals surface area contributed by atoms with Crippen LogP contribution >= 0.6 is 0 Å². The molecule has 0 aromatic carbocycles. The van der Waals surface area contributed by atoms with E-state index in [0.717, 1.165) is 25.0 Å². The average Bonchev–Trinajstić information content (AvgIpc) is 2.40. The average molecular weight is 268 g/mol. The van der Waals surface area contributed by atoms with Crippen molar-refractivity contribution in [3.63, 3.8) is 0 Å². The number of hydrogen-bond donors (Lipinski definition) is 0. The third-order valence-corrected chi connectivity index (χ3v) is 5.19. The fourth-order valence-corrected chi connectivity index (χ4v) is 3.60. The molecule has 0 radical (unpaired) electrons. The van der Waals surface area contributed by atoms with E-state index in [1.165, 1.54) is 6.20 Å². The minimum absolute atomic E-state index is 0.314. The van der Waals surface area contributed by atoms with Crippen molar-refractivity contribution in [1.29, 1.82) is 0 Å². The standard InChI is InChI=1S/C13H20N2O2S/c1-11(2)13-7-6-12(10-14-13)18(16,17)15-8-4-3-5-9-15/h6-7,10-11H,3-5,8-9H2,1-2H3. The molecule has 5 heteroatoms. The summed E-state index contributed by atoms with van der Waals surface area (Å²) in [5.74, 6) is 0.316. The normalized spacial score (nSPS) is 18.2. The molecule has 2 rings (SSSR count). The molecule has 1 aliphatic heterocycles. The van der Waals surface area contributed by atoms with Gasteiger partial charge in [-0.2, -0.15) is 4.31 Å². The molecular weight excluding hydrogens is 248 g/mol. The number of pyridine rings is 1. The summed E-state index contributed by atoms with van der Waals surface area (Å²) in [4.78, 5) is 4.55. The van der Waals surface area contributed by atoms with Gasteiger partial charge in [-0.25, -0.2) is 8.42 Å². The highest BCUT2D eigenvalue weighted by Crippen LogP contribution is 2.21. The van der Waals surface area contributed by atoms with Crippen molar-refractivity contribution in [3.05, 3.63) is 24.0 Å². The molecule has 0 N–H and O–H groups in total. The Kier molecular flexibility index (Phi) is 4.02. The van der Waals surface area contributed by atoms with Gasteiger partial charge in [0, 0.05) is 25.0 Å². The van der Waals surface area contributed by atoms with Crippen LogP contribution in [0.25, 0.3) is 0 Å². The highest BCUT2D eigenvalue weighted by molar-refractivity contribution is 7.89. The molecule has 1 aromatic heterocycles. The molecule has 2 heterocycles. The summed E-state index contributed by atoms with van der Waals surface area (Å²) in [6.45, 7) is 5.35. The smallest absolute Gasteiger partial charge is 0.244 e. The van der Waals surface area contributed by atoms with Crippen LogP contribution in [0.3, 0.4) is 0 Å². The van der Waals surface area contributed by atoms with Gasteiger partial charge < -0.3 is 0 Å². The van der Waals surface area contributed by atoms with Crippen molar-refractivity contribution in [1.82, 2.24) is 9.29 Å². The SMILES string of the molecule is CC(C)c1ccc(S(=O)(=O)N2CCCCC2)cn1. The predicted octanol–water partition coefficient (Wildman–Crippen LogP) is 2.38. The molecule has 0 unspecified atom stereocenters. The second-order valence-corrected chi connectivity index (χ2v) is 6.98.